The Morgan fingerprint density at radius 1 is 0.844 bits per heavy atom. The van der Waals surface area contributed by atoms with E-state index >= 15 is 0 Å². The molecule has 0 radical (unpaired) electrons. The first kappa shape index (κ1) is 35.5. The lowest BCUT2D eigenvalue weighted by Gasteiger charge is -2.33. The monoisotopic (exact) mass is 705 g/mol. The Balaban J connectivity index is 2.16. The van der Waals surface area contributed by atoms with Crippen LogP contribution < -0.4 is 28.6 Å². The number of amides is 2. The molecule has 0 bridgehead atoms. The van der Waals surface area contributed by atoms with Crippen molar-refractivity contribution in [1.29, 1.82) is 0 Å². The van der Waals surface area contributed by atoms with Crippen LogP contribution in [0, 0.1) is 0 Å². The minimum Gasteiger partial charge on any atom is -0.497 e. The lowest BCUT2D eigenvalue weighted by atomic mass is 10.1. The first-order valence-electron chi connectivity index (χ1n) is 14.2. The van der Waals surface area contributed by atoms with Crippen LogP contribution in [0.1, 0.15) is 32.8 Å². The number of nitrogens with one attached hydrogen (secondary N) is 1. The Kier molecular flexibility index (Phi) is 12.5. The van der Waals surface area contributed by atoms with E-state index in [-0.39, 0.29) is 40.6 Å². The summed E-state index contributed by atoms with van der Waals surface area (Å²) in [5, 5.41) is 2.92. The van der Waals surface area contributed by atoms with Gasteiger partial charge < -0.3 is 29.2 Å². The number of carbonyl (C=O) groups is 2. The molecule has 0 fully saturated rings. The van der Waals surface area contributed by atoms with Crippen molar-refractivity contribution in [2.75, 3.05) is 39.3 Å². The molecule has 2 unspecified atom stereocenters. The zero-order chi connectivity index (χ0) is 33.3. The second kappa shape index (κ2) is 15.8. The summed E-state index contributed by atoms with van der Waals surface area (Å²) < 4.78 is 52.1. The molecule has 0 heterocycles. The maximum Gasteiger partial charge on any atom is 0.265 e. The van der Waals surface area contributed by atoms with Crippen LogP contribution in [0.4, 0.5) is 5.69 Å². The molecule has 0 aromatic heterocycles. The molecule has 2 amide bonds. The quantitative estimate of drug-likeness (QED) is 0.234. The lowest BCUT2D eigenvalue weighted by molar-refractivity contribution is -0.139. The van der Waals surface area contributed by atoms with E-state index in [4.69, 9.17) is 18.9 Å². The minimum absolute atomic E-state index is 0.0562. The van der Waals surface area contributed by atoms with Crippen molar-refractivity contribution in [1.82, 2.24) is 10.2 Å². The van der Waals surface area contributed by atoms with E-state index in [1.165, 1.54) is 57.6 Å². The molecule has 11 nitrogen and oxygen atoms in total. The summed E-state index contributed by atoms with van der Waals surface area (Å²) in [5.41, 5.74) is 0.822. The molecular formula is C32H40BrN3O8S. The third-order valence-electron chi connectivity index (χ3n) is 7.31. The molecule has 0 aliphatic rings. The molecule has 0 aliphatic heterocycles. The van der Waals surface area contributed by atoms with E-state index < -0.39 is 28.5 Å². The average molecular weight is 707 g/mol. The Labute approximate surface area is 273 Å². The number of carbonyl (C=O) groups excluding carboxylic acids is 2. The topological polar surface area (TPSA) is 124 Å². The summed E-state index contributed by atoms with van der Waals surface area (Å²) in [7, 11) is 1.24. The number of hydrogen-bond donors (Lipinski definition) is 1. The van der Waals surface area contributed by atoms with Crippen LogP contribution >= 0.6 is 15.9 Å². The number of methoxy groups -OCH3 is 4. The van der Waals surface area contributed by atoms with Gasteiger partial charge in [-0.15, -0.1) is 0 Å². The van der Waals surface area contributed by atoms with Gasteiger partial charge in [-0.25, -0.2) is 8.42 Å². The SMILES string of the molecule is CCC(C)NC(=O)C(C)N(Cc1ccc(Br)cc1)C(=O)CN(c1cc(OC)ccc1OC)S(=O)(=O)c1ccc(OC)c(OC)c1. The van der Waals surface area contributed by atoms with Crippen molar-refractivity contribution < 1.29 is 37.0 Å². The molecule has 0 saturated carbocycles. The van der Waals surface area contributed by atoms with Crippen LogP contribution in [0.15, 0.2) is 70.0 Å². The highest BCUT2D eigenvalue weighted by atomic mass is 79.9. The Hall–Kier alpha value is -3.97. The van der Waals surface area contributed by atoms with E-state index in [1.54, 1.807) is 19.1 Å². The van der Waals surface area contributed by atoms with Gasteiger partial charge in [-0.1, -0.05) is 35.0 Å². The molecule has 244 valence electrons. The number of halogens is 1. The number of benzene rings is 3. The summed E-state index contributed by atoms with van der Waals surface area (Å²) in [6.07, 6.45) is 0.700. The van der Waals surface area contributed by atoms with Gasteiger partial charge in [0.2, 0.25) is 11.8 Å². The van der Waals surface area contributed by atoms with Gasteiger partial charge in [-0.2, -0.15) is 0 Å². The molecule has 13 heteroatoms. The van der Waals surface area contributed by atoms with Gasteiger partial charge in [0, 0.05) is 29.2 Å². The van der Waals surface area contributed by atoms with Crippen LogP contribution in [0.25, 0.3) is 0 Å². The van der Waals surface area contributed by atoms with Gasteiger partial charge >= 0.3 is 0 Å². The Morgan fingerprint density at radius 3 is 2.04 bits per heavy atom. The Morgan fingerprint density at radius 2 is 1.47 bits per heavy atom. The number of anilines is 1. The Bertz CT molecular complexity index is 1580. The van der Waals surface area contributed by atoms with Gasteiger partial charge in [0.1, 0.15) is 24.1 Å². The van der Waals surface area contributed by atoms with Crippen LogP contribution in [-0.2, 0) is 26.2 Å². The van der Waals surface area contributed by atoms with E-state index in [0.29, 0.717) is 17.9 Å². The first-order valence-corrected chi connectivity index (χ1v) is 16.4. The summed E-state index contributed by atoms with van der Waals surface area (Å²) in [6.45, 7) is 4.84. The van der Waals surface area contributed by atoms with Crippen LogP contribution in [0.3, 0.4) is 0 Å². The van der Waals surface area contributed by atoms with E-state index in [1.807, 2.05) is 38.1 Å². The van der Waals surface area contributed by atoms with Gasteiger partial charge in [0.25, 0.3) is 10.0 Å². The summed E-state index contributed by atoms with van der Waals surface area (Å²) in [4.78, 5) is 28.8. The minimum atomic E-state index is -4.44. The predicted octanol–water partition coefficient (Wildman–Crippen LogP) is 5.01. The molecule has 2 atom stereocenters. The summed E-state index contributed by atoms with van der Waals surface area (Å²) >= 11 is 3.42. The zero-order valence-electron chi connectivity index (χ0n) is 26.5. The van der Waals surface area contributed by atoms with Crippen molar-refractivity contribution in [2.45, 2.75) is 50.7 Å². The molecule has 3 aromatic rings. The molecule has 3 aromatic carbocycles. The second-order valence-corrected chi connectivity index (χ2v) is 13.0. The highest BCUT2D eigenvalue weighted by Gasteiger charge is 2.35. The third-order valence-corrected chi connectivity index (χ3v) is 9.60. The summed E-state index contributed by atoms with van der Waals surface area (Å²) in [6, 6.07) is 15.1. The number of rotatable bonds is 15. The average Bonchev–Trinajstić information content (AvgIpc) is 3.05. The fourth-order valence-corrected chi connectivity index (χ4v) is 6.14. The van der Waals surface area contributed by atoms with Crippen molar-refractivity contribution in [3.05, 3.63) is 70.7 Å². The third kappa shape index (κ3) is 8.60. The molecule has 3 rings (SSSR count). The molecular weight excluding hydrogens is 666 g/mol. The zero-order valence-corrected chi connectivity index (χ0v) is 28.9. The van der Waals surface area contributed by atoms with Crippen molar-refractivity contribution >= 4 is 43.5 Å². The van der Waals surface area contributed by atoms with Crippen molar-refractivity contribution in [2.24, 2.45) is 0 Å². The second-order valence-electron chi connectivity index (χ2n) is 10.2. The van der Waals surface area contributed by atoms with Crippen molar-refractivity contribution in [3.8, 4) is 23.0 Å². The number of nitrogens with zero attached hydrogens (tertiary/aromatic N) is 2. The van der Waals surface area contributed by atoms with E-state index in [9.17, 15) is 18.0 Å². The highest BCUT2D eigenvalue weighted by Crippen LogP contribution is 2.37. The number of hydrogen-bond acceptors (Lipinski definition) is 8. The first-order chi connectivity index (χ1) is 21.4. The van der Waals surface area contributed by atoms with Crippen LogP contribution in [0.2, 0.25) is 0 Å². The normalized spacial score (nSPS) is 12.4. The number of sulfonamides is 1. The maximum atomic E-state index is 14.4. The molecule has 45 heavy (non-hydrogen) atoms. The fraction of sp³-hybridized carbons (Fsp3) is 0.375. The van der Waals surface area contributed by atoms with Gasteiger partial charge in [0.05, 0.1) is 39.0 Å². The number of ether oxygens (including phenoxy) is 4. The van der Waals surface area contributed by atoms with Gasteiger partial charge in [0.15, 0.2) is 11.5 Å². The van der Waals surface area contributed by atoms with Crippen LogP contribution in [-0.4, -0.2) is 72.2 Å². The molecule has 0 spiro atoms. The van der Waals surface area contributed by atoms with E-state index in [0.717, 1.165) is 14.3 Å². The molecule has 1 N–H and O–H groups in total. The molecule has 0 saturated heterocycles. The fourth-order valence-electron chi connectivity index (χ4n) is 4.44. The summed E-state index contributed by atoms with van der Waals surface area (Å²) in [5.74, 6) is 0.0877. The largest absolute Gasteiger partial charge is 0.497 e. The predicted molar refractivity (Wildman–Crippen MR) is 176 cm³/mol. The maximum absolute atomic E-state index is 14.4. The smallest absolute Gasteiger partial charge is 0.265 e. The standard InChI is InChI=1S/C32H40BrN3O8S/c1-8-21(2)34-32(38)22(3)35(19-23-9-11-24(33)12-10-23)31(37)20-36(27-17-25(41-4)13-15-28(27)42-5)45(39,40)26-14-16-29(43-6)30(18-26)44-7/h9-18,21-22H,8,19-20H2,1-7H3,(H,34,38). The van der Waals surface area contributed by atoms with Gasteiger partial charge in [-0.05, 0) is 62.2 Å². The lowest BCUT2D eigenvalue weighted by Crippen LogP contribution is -2.52. The van der Waals surface area contributed by atoms with Crippen LogP contribution in [0.5, 0.6) is 23.0 Å². The van der Waals surface area contributed by atoms with Crippen molar-refractivity contribution in [3.63, 3.8) is 0 Å². The highest BCUT2D eigenvalue weighted by molar-refractivity contribution is 9.10. The van der Waals surface area contributed by atoms with E-state index in [2.05, 4.69) is 21.2 Å². The van der Waals surface area contributed by atoms with Gasteiger partial charge in [-0.3, -0.25) is 13.9 Å². The molecule has 0 aliphatic carbocycles.